The SMILES string of the molecule is COc1ccc(-c2ccc(Nc3cccc(C)c3)nn2)cc1S(=O)(=O)N1CCOCC1. The van der Waals surface area contributed by atoms with Crippen LogP contribution in [0, 0.1) is 6.92 Å². The van der Waals surface area contributed by atoms with Gasteiger partial charge in [0.1, 0.15) is 10.6 Å². The van der Waals surface area contributed by atoms with Crippen molar-refractivity contribution < 1.29 is 17.9 Å². The molecule has 162 valence electrons. The molecule has 0 radical (unpaired) electrons. The molecular weight excluding hydrogens is 416 g/mol. The summed E-state index contributed by atoms with van der Waals surface area (Å²) in [6.07, 6.45) is 0. The van der Waals surface area contributed by atoms with E-state index in [-0.39, 0.29) is 4.90 Å². The maximum Gasteiger partial charge on any atom is 0.246 e. The highest BCUT2D eigenvalue weighted by atomic mass is 32.2. The summed E-state index contributed by atoms with van der Waals surface area (Å²) >= 11 is 0. The number of nitrogens with zero attached hydrogens (tertiary/aromatic N) is 3. The first-order valence-corrected chi connectivity index (χ1v) is 11.3. The minimum Gasteiger partial charge on any atom is -0.495 e. The molecule has 0 saturated carbocycles. The summed E-state index contributed by atoms with van der Waals surface area (Å²) in [5, 5.41) is 11.7. The summed E-state index contributed by atoms with van der Waals surface area (Å²) < 4.78 is 38.4. The Morgan fingerprint density at radius 1 is 1.03 bits per heavy atom. The third-order valence-corrected chi connectivity index (χ3v) is 6.92. The summed E-state index contributed by atoms with van der Waals surface area (Å²) in [5.74, 6) is 0.893. The number of nitrogens with one attached hydrogen (secondary N) is 1. The highest BCUT2D eigenvalue weighted by Crippen LogP contribution is 2.31. The van der Waals surface area contributed by atoms with Gasteiger partial charge >= 0.3 is 0 Å². The molecular formula is C22H24N4O4S. The normalized spacial score (nSPS) is 14.9. The molecule has 1 fully saturated rings. The summed E-state index contributed by atoms with van der Waals surface area (Å²) in [4.78, 5) is 0.109. The summed E-state index contributed by atoms with van der Waals surface area (Å²) in [7, 11) is -2.26. The number of rotatable bonds is 6. The molecule has 3 aromatic rings. The van der Waals surface area contributed by atoms with Crippen LogP contribution in [0.5, 0.6) is 5.75 Å². The summed E-state index contributed by atoms with van der Waals surface area (Å²) in [6, 6.07) is 16.6. The van der Waals surface area contributed by atoms with Gasteiger partial charge < -0.3 is 14.8 Å². The van der Waals surface area contributed by atoms with Crippen molar-refractivity contribution >= 4 is 21.5 Å². The van der Waals surface area contributed by atoms with Gasteiger partial charge in [-0.1, -0.05) is 12.1 Å². The van der Waals surface area contributed by atoms with E-state index in [9.17, 15) is 8.42 Å². The van der Waals surface area contributed by atoms with E-state index in [1.165, 1.54) is 11.4 Å². The lowest BCUT2D eigenvalue weighted by atomic mass is 10.1. The third kappa shape index (κ3) is 4.68. The zero-order valence-electron chi connectivity index (χ0n) is 17.4. The molecule has 31 heavy (non-hydrogen) atoms. The van der Waals surface area contributed by atoms with Gasteiger partial charge in [-0.2, -0.15) is 4.31 Å². The van der Waals surface area contributed by atoms with Crippen molar-refractivity contribution in [2.75, 3.05) is 38.7 Å². The highest BCUT2D eigenvalue weighted by molar-refractivity contribution is 7.89. The van der Waals surface area contributed by atoms with E-state index in [1.807, 2.05) is 37.3 Å². The summed E-state index contributed by atoms with van der Waals surface area (Å²) in [5.41, 5.74) is 3.27. The molecule has 0 unspecified atom stereocenters. The molecule has 9 heteroatoms. The molecule has 0 aliphatic carbocycles. The number of morpholine rings is 1. The molecule has 4 rings (SSSR count). The molecule has 1 saturated heterocycles. The maximum absolute atomic E-state index is 13.2. The molecule has 1 N–H and O–H groups in total. The van der Waals surface area contributed by atoms with E-state index in [0.29, 0.717) is 49.1 Å². The first kappa shape index (κ1) is 21.2. The van der Waals surface area contributed by atoms with E-state index < -0.39 is 10.0 Å². The Morgan fingerprint density at radius 2 is 1.84 bits per heavy atom. The van der Waals surface area contributed by atoms with Gasteiger partial charge in [0.2, 0.25) is 10.0 Å². The number of hydrogen-bond donors (Lipinski definition) is 1. The van der Waals surface area contributed by atoms with Gasteiger partial charge in [-0.15, -0.1) is 10.2 Å². The molecule has 1 aliphatic heterocycles. The Morgan fingerprint density at radius 3 is 2.52 bits per heavy atom. The number of benzene rings is 2. The van der Waals surface area contributed by atoms with E-state index in [2.05, 4.69) is 15.5 Å². The maximum atomic E-state index is 13.2. The van der Waals surface area contributed by atoms with Crippen molar-refractivity contribution in [1.82, 2.24) is 14.5 Å². The van der Waals surface area contributed by atoms with Crippen LogP contribution in [0.3, 0.4) is 0 Å². The monoisotopic (exact) mass is 440 g/mol. The van der Waals surface area contributed by atoms with Crippen molar-refractivity contribution in [2.24, 2.45) is 0 Å². The first-order chi connectivity index (χ1) is 15.0. The fourth-order valence-corrected chi connectivity index (χ4v) is 4.98. The average molecular weight is 441 g/mol. The van der Waals surface area contributed by atoms with E-state index in [4.69, 9.17) is 9.47 Å². The predicted octanol–water partition coefficient (Wildman–Crippen LogP) is 3.23. The Balaban J connectivity index is 1.62. The third-order valence-electron chi connectivity index (χ3n) is 5.00. The largest absolute Gasteiger partial charge is 0.495 e. The van der Waals surface area contributed by atoms with Crippen LogP contribution >= 0.6 is 0 Å². The second-order valence-electron chi connectivity index (χ2n) is 7.18. The number of methoxy groups -OCH3 is 1. The Kier molecular flexibility index (Phi) is 6.17. The molecule has 0 bridgehead atoms. The van der Waals surface area contributed by atoms with E-state index in [1.54, 1.807) is 24.3 Å². The van der Waals surface area contributed by atoms with Crippen LogP contribution in [0.2, 0.25) is 0 Å². The Bertz CT molecular complexity index is 1160. The molecule has 0 atom stereocenters. The van der Waals surface area contributed by atoms with Crippen molar-refractivity contribution in [3.05, 3.63) is 60.2 Å². The van der Waals surface area contributed by atoms with Gasteiger partial charge in [-0.25, -0.2) is 8.42 Å². The van der Waals surface area contributed by atoms with Crippen LogP contribution in [0.15, 0.2) is 59.5 Å². The molecule has 0 spiro atoms. The van der Waals surface area contributed by atoms with Crippen LogP contribution in [0.1, 0.15) is 5.56 Å². The number of ether oxygens (including phenoxy) is 2. The van der Waals surface area contributed by atoms with Gasteiger partial charge in [0, 0.05) is 24.3 Å². The summed E-state index contributed by atoms with van der Waals surface area (Å²) in [6.45, 7) is 3.40. The van der Waals surface area contributed by atoms with Gasteiger partial charge in [0.05, 0.1) is 26.0 Å². The highest BCUT2D eigenvalue weighted by Gasteiger charge is 2.29. The van der Waals surface area contributed by atoms with Crippen molar-refractivity contribution in [3.63, 3.8) is 0 Å². The van der Waals surface area contributed by atoms with Crippen LogP contribution in [-0.2, 0) is 14.8 Å². The molecule has 0 amide bonds. The number of hydrogen-bond acceptors (Lipinski definition) is 7. The van der Waals surface area contributed by atoms with E-state index in [0.717, 1.165) is 11.3 Å². The topological polar surface area (TPSA) is 93.7 Å². The van der Waals surface area contributed by atoms with Crippen LogP contribution in [0.4, 0.5) is 11.5 Å². The van der Waals surface area contributed by atoms with Gasteiger partial charge in [-0.3, -0.25) is 0 Å². The second kappa shape index (κ2) is 9.01. The number of anilines is 2. The van der Waals surface area contributed by atoms with Crippen molar-refractivity contribution in [2.45, 2.75) is 11.8 Å². The standard InChI is InChI=1S/C22H24N4O4S/c1-16-4-3-5-18(14-16)23-22-9-7-19(24-25-22)17-6-8-20(29-2)21(15-17)31(27,28)26-10-12-30-13-11-26/h3-9,14-15H,10-13H2,1-2H3,(H,23,25). The Labute approximate surface area is 181 Å². The lowest BCUT2D eigenvalue weighted by molar-refractivity contribution is 0.0729. The second-order valence-corrected chi connectivity index (χ2v) is 9.09. The lowest BCUT2D eigenvalue weighted by Crippen LogP contribution is -2.40. The number of aryl methyl sites for hydroxylation is 1. The van der Waals surface area contributed by atoms with Gasteiger partial charge in [-0.05, 0) is 55.0 Å². The van der Waals surface area contributed by atoms with Crippen LogP contribution in [0.25, 0.3) is 11.3 Å². The predicted molar refractivity (Wildman–Crippen MR) is 118 cm³/mol. The fraction of sp³-hybridized carbons (Fsp3) is 0.273. The van der Waals surface area contributed by atoms with Crippen LogP contribution in [-0.4, -0.2) is 56.3 Å². The van der Waals surface area contributed by atoms with Crippen LogP contribution < -0.4 is 10.1 Å². The molecule has 2 aromatic carbocycles. The van der Waals surface area contributed by atoms with Crippen molar-refractivity contribution in [3.8, 4) is 17.0 Å². The first-order valence-electron chi connectivity index (χ1n) is 9.91. The molecule has 1 aromatic heterocycles. The Hall–Kier alpha value is -3.01. The molecule has 1 aliphatic rings. The number of aromatic nitrogens is 2. The minimum absolute atomic E-state index is 0.109. The van der Waals surface area contributed by atoms with Crippen molar-refractivity contribution in [1.29, 1.82) is 0 Å². The number of sulfonamides is 1. The van der Waals surface area contributed by atoms with Gasteiger partial charge in [0.15, 0.2) is 5.82 Å². The van der Waals surface area contributed by atoms with E-state index >= 15 is 0 Å². The quantitative estimate of drug-likeness (QED) is 0.629. The smallest absolute Gasteiger partial charge is 0.246 e. The van der Waals surface area contributed by atoms with Gasteiger partial charge in [0.25, 0.3) is 0 Å². The average Bonchev–Trinajstić information content (AvgIpc) is 2.80. The minimum atomic E-state index is -3.72. The lowest BCUT2D eigenvalue weighted by Gasteiger charge is -2.26. The fourth-order valence-electron chi connectivity index (χ4n) is 3.39. The molecule has 2 heterocycles. The zero-order chi connectivity index (χ0) is 21.8. The zero-order valence-corrected chi connectivity index (χ0v) is 18.2. The molecule has 8 nitrogen and oxygen atoms in total.